The van der Waals surface area contributed by atoms with Crippen molar-refractivity contribution in [1.29, 1.82) is 0 Å². The number of carbonyl (C=O) groups excluding carboxylic acids is 2. The first-order valence-electron chi connectivity index (χ1n) is 5.88. The maximum atomic E-state index is 11.9. The highest BCUT2D eigenvalue weighted by molar-refractivity contribution is 6.67. The molecule has 0 atom stereocenters. The fourth-order valence-corrected chi connectivity index (χ4v) is 1.90. The van der Waals surface area contributed by atoms with Crippen LogP contribution in [-0.2, 0) is 9.53 Å². The molecule has 7 nitrogen and oxygen atoms in total. The van der Waals surface area contributed by atoms with E-state index < -0.39 is 17.9 Å². The Balaban J connectivity index is 2.10. The van der Waals surface area contributed by atoms with Gasteiger partial charge in [0.25, 0.3) is 0 Å². The number of nitrogens with zero attached hydrogens (tertiary/aromatic N) is 2. The van der Waals surface area contributed by atoms with Crippen LogP contribution in [0.1, 0.15) is 23.2 Å². The minimum absolute atomic E-state index is 0.0209. The number of rotatable bonds is 2. The molecule has 0 radical (unpaired) electrons. The summed E-state index contributed by atoms with van der Waals surface area (Å²) in [5.74, 6) is -1.21. The lowest BCUT2D eigenvalue weighted by Crippen LogP contribution is -2.38. The van der Waals surface area contributed by atoms with Crippen LogP contribution < -0.4 is 0 Å². The minimum atomic E-state index is -0.711. The van der Waals surface area contributed by atoms with Crippen LogP contribution in [0.3, 0.4) is 0 Å². The van der Waals surface area contributed by atoms with Gasteiger partial charge in [-0.15, -0.1) is 0 Å². The molecular formula is C13H12N2O5. The molecule has 1 aromatic carbocycles. The highest BCUT2D eigenvalue weighted by Crippen LogP contribution is 2.17. The van der Waals surface area contributed by atoms with Gasteiger partial charge in [0.15, 0.2) is 0 Å². The maximum absolute atomic E-state index is 11.9. The van der Waals surface area contributed by atoms with Gasteiger partial charge in [-0.2, -0.15) is 0 Å². The molecule has 2 N–H and O–H groups in total. The van der Waals surface area contributed by atoms with E-state index in [1.807, 2.05) is 0 Å². The molecule has 1 saturated carbocycles. The number of benzene rings is 1. The molecule has 0 aliphatic heterocycles. The zero-order valence-corrected chi connectivity index (χ0v) is 10.4. The number of oxime groups is 2. The molecule has 1 aliphatic carbocycles. The molecule has 0 saturated heterocycles. The van der Waals surface area contributed by atoms with Gasteiger partial charge in [0.05, 0.1) is 5.56 Å². The summed E-state index contributed by atoms with van der Waals surface area (Å²) in [5, 5.41) is 23.1. The minimum Gasteiger partial charge on any atom is -0.458 e. The van der Waals surface area contributed by atoms with Gasteiger partial charge >= 0.3 is 5.97 Å². The van der Waals surface area contributed by atoms with Crippen molar-refractivity contribution in [3.8, 4) is 0 Å². The van der Waals surface area contributed by atoms with E-state index in [4.69, 9.17) is 15.2 Å². The Labute approximate surface area is 114 Å². The summed E-state index contributed by atoms with van der Waals surface area (Å²) >= 11 is 0. The second kappa shape index (κ2) is 5.96. The zero-order chi connectivity index (χ0) is 14.5. The molecule has 0 unspecified atom stereocenters. The molecule has 0 aromatic heterocycles. The fraction of sp³-hybridized carbons (Fsp3) is 0.231. The van der Waals surface area contributed by atoms with Gasteiger partial charge in [0, 0.05) is 12.8 Å². The Kier molecular flexibility index (Phi) is 4.09. The molecule has 1 fully saturated rings. The number of hydrogen-bond donors (Lipinski definition) is 2. The normalized spacial score (nSPS) is 23.0. The standard InChI is InChI=1S/C13H12N2O5/c16-12-10(14-18)6-9(7-11(12)15-19)20-13(17)8-4-2-1-3-5-8/h1-5,9,18-19H,6-7H2. The smallest absolute Gasteiger partial charge is 0.338 e. The van der Waals surface area contributed by atoms with Crippen molar-refractivity contribution in [3.63, 3.8) is 0 Å². The molecular weight excluding hydrogens is 264 g/mol. The quantitative estimate of drug-likeness (QED) is 0.480. The molecule has 7 heteroatoms. The van der Waals surface area contributed by atoms with E-state index in [-0.39, 0.29) is 24.3 Å². The van der Waals surface area contributed by atoms with E-state index in [9.17, 15) is 9.59 Å². The van der Waals surface area contributed by atoms with Crippen molar-refractivity contribution in [1.82, 2.24) is 0 Å². The Hall–Kier alpha value is -2.70. The number of Topliss-reactive ketones (excluding diaryl/α,β-unsaturated/α-hetero) is 1. The number of hydrogen-bond acceptors (Lipinski definition) is 7. The lowest BCUT2D eigenvalue weighted by Gasteiger charge is -2.22. The van der Waals surface area contributed by atoms with E-state index in [1.165, 1.54) is 0 Å². The monoisotopic (exact) mass is 276 g/mol. The van der Waals surface area contributed by atoms with E-state index >= 15 is 0 Å². The first kappa shape index (κ1) is 13.7. The van der Waals surface area contributed by atoms with Crippen molar-refractivity contribution < 1.29 is 24.7 Å². The van der Waals surface area contributed by atoms with Gasteiger partial charge in [-0.1, -0.05) is 28.5 Å². The van der Waals surface area contributed by atoms with Crippen LogP contribution in [0.4, 0.5) is 0 Å². The zero-order valence-electron chi connectivity index (χ0n) is 10.4. The Morgan fingerprint density at radius 1 is 1.10 bits per heavy atom. The Morgan fingerprint density at radius 2 is 1.65 bits per heavy atom. The topological polar surface area (TPSA) is 109 Å². The van der Waals surface area contributed by atoms with E-state index in [2.05, 4.69) is 10.3 Å². The van der Waals surface area contributed by atoms with Crippen LogP contribution >= 0.6 is 0 Å². The lowest BCUT2D eigenvalue weighted by atomic mass is 9.92. The van der Waals surface area contributed by atoms with Crippen LogP contribution in [0.5, 0.6) is 0 Å². The summed E-state index contributed by atoms with van der Waals surface area (Å²) in [4.78, 5) is 23.4. The molecule has 20 heavy (non-hydrogen) atoms. The Morgan fingerprint density at radius 3 is 2.15 bits per heavy atom. The molecule has 1 aliphatic rings. The summed E-state index contributed by atoms with van der Waals surface area (Å²) in [7, 11) is 0. The molecule has 0 bridgehead atoms. The van der Waals surface area contributed by atoms with E-state index in [0.717, 1.165) is 0 Å². The third kappa shape index (κ3) is 2.82. The van der Waals surface area contributed by atoms with Crippen molar-refractivity contribution in [2.24, 2.45) is 10.3 Å². The largest absolute Gasteiger partial charge is 0.458 e. The molecule has 0 amide bonds. The first-order valence-corrected chi connectivity index (χ1v) is 5.88. The van der Waals surface area contributed by atoms with Crippen LogP contribution in [0.15, 0.2) is 40.6 Å². The van der Waals surface area contributed by atoms with Crippen LogP contribution in [0, 0.1) is 0 Å². The molecule has 1 aromatic rings. The fourth-order valence-electron chi connectivity index (χ4n) is 1.90. The number of ketones is 1. The van der Waals surface area contributed by atoms with Gasteiger partial charge in [-0.3, -0.25) is 4.79 Å². The SMILES string of the molecule is O=C1C(=NO)CC(OC(=O)c2ccccc2)CC1=NO. The van der Waals surface area contributed by atoms with Crippen molar-refractivity contribution in [2.75, 3.05) is 0 Å². The number of carbonyl (C=O) groups is 2. The van der Waals surface area contributed by atoms with Crippen molar-refractivity contribution in [3.05, 3.63) is 35.9 Å². The van der Waals surface area contributed by atoms with Gasteiger partial charge in [-0.25, -0.2) is 4.79 Å². The summed E-state index contributed by atoms with van der Waals surface area (Å²) in [6, 6.07) is 8.35. The number of ether oxygens (including phenoxy) is 1. The second-order valence-corrected chi connectivity index (χ2v) is 4.22. The number of esters is 1. The van der Waals surface area contributed by atoms with Crippen LogP contribution in [-0.4, -0.2) is 39.7 Å². The first-order chi connectivity index (χ1) is 9.65. The molecule has 0 spiro atoms. The summed E-state index contributed by atoms with van der Waals surface area (Å²) in [6.07, 6.45) is -0.753. The highest BCUT2D eigenvalue weighted by Gasteiger charge is 2.33. The van der Waals surface area contributed by atoms with E-state index in [1.54, 1.807) is 30.3 Å². The summed E-state index contributed by atoms with van der Waals surface area (Å²) < 4.78 is 5.21. The molecule has 0 heterocycles. The van der Waals surface area contributed by atoms with Crippen LogP contribution in [0.25, 0.3) is 0 Å². The summed E-state index contributed by atoms with van der Waals surface area (Å²) in [6.45, 7) is 0. The Bertz CT molecular complexity index is 556. The van der Waals surface area contributed by atoms with Crippen molar-refractivity contribution in [2.45, 2.75) is 18.9 Å². The summed E-state index contributed by atoms with van der Waals surface area (Å²) in [5.41, 5.74) is -0.0285. The maximum Gasteiger partial charge on any atom is 0.338 e. The molecule has 2 rings (SSSR count). The van der Waals surface area contributed by atoms with Crippen LogP contribution in [0.2, 0.25) is 0 Å². The highest BCUT2D eigenvalue weighted by atomic mass is 16.5. The molecule has 104 valence electrons. The average molecular weight is 276 g/mol. The van der Waals surface area contributed by atoms with Gasteiger partial charge in [0.1, 0.15) is 17.5 Å². The lowest BCUT2D eigenvalue weighted by molar-refractivity contribution is -0.108. The van der Waals surface area contributed by atoms with Gasteiger partial charge in [-0.05, 0) is 12.1 Å². The second-order valence-electron chi connectivity index (χ2n) is 4.22. The third-order valence-corrected chi connectivity index (χ3v) is 2.89. The third-order valence-electron chi connectivity index (χ3n) is 2.89. The van der Waals surface area contributed by atoms with E-state index in [0.29, 0.717) is 5.56 Å². The average Bonchev–Trinajstić information content (AvgIpc) is 2.49. The predicted octanol–water partition coefficient (Wildman–Crippen LogP) is 1.24. The van der Waals surface area contributed by atoms with Gasteiger partial charge < -0.3 is 15.2 Å². The van der Waals surface area contributed by atoms with Crippen molar-refractivity contribution >= 4 is 23.2 Å². The predicted molar refractivity (Wildman–Crippen MR) is 68.3 cm³/mol. The van der Waals surface area contributed by atoms with Gasteiger partial charge in [0.2, 0.25) is 5.78 Å².